The van der Waals surface area contributed by atoms with Crippen molar-refractivity contribution in [3.63, 3.8) is 0 Å². The highest BCUT2D eigenvalue weighted by Crippen LogP contribution is 2.33. The summed E-state index contributed by atoms with van der Waals surface area (Å²) in [6.45, 7) is 10.5. The first-order valence-electron chi connectivity index (χ1n) is 10.9. The molecule has 28 heavy (non-hydrogen) atoms. The lowest BCUT2D eigenvalue weighted by Crippen LogP contribution is -2.39. The summed E-state index contributed by atoms with van der Waals surface area (Å²) in [5.74, 6) is 0.827. The van der Waals surface area contributed by atoms with E-state index < -0.39 is 11.6 Å². The van der Waals surface area contributed by atoms with Gasteiger partial charge in [0.1, 0.15) is 6.61 Å². The van der Waals surface area contributed by atoms with Crippen LogP contribution in [0.25, 0.3) is 0 Å². The quantitative estimate of drug-likeness (QED) is 0.275. The van der Waals surface area contributed by atoms with Gasteiger partial charge in [-0.3, -0.25) is 4.79 Å². The Morgan fingerprint density at radius 1 is 1.18 bits per heavy atom. The minimum absolute atomic E-state index is 0.0852. The summed E-state index contributed by atoms with van der Waals surface area (Å²) in [6, 6.07) is 0. The standard InChI is InChI=1S/C23H40O5/c1-6-7-8-9-10-11-21(25)27-16-23(15-24)14-19(22(26)28-23)12-13-20(17(2)3)18(4)5/h12,17-18,20,24H,6-11,13-16H2,1-5H3/b19-12-. The summed E-state index contributed by atoms with van der Waals surface area (Å²) in [7, 11) is 0. The van der Waals surface area contributed by atoms with E-state index in [2.05, 4.69) is 34.6 Å². The van der Waals surface area contributed by atoms with E-state index in [1.165, 1.54) is 12.8 Å². The van der Waals surface area contributed by atoms with Crippen molar-refractivity contribution in [1.29, 1.82) is 0 Å². The highest BCUT2D eigenvalue weighted by Gasteiger charge is 2.44. The van der Waals surface area contributed by atoms with E-state index in [4.69, 9.17) is 9.47 Å². The smallest absolute Gasteiger partial charge is 0.334 e. The molecular weight excluding hydrogens is 356 g/mol. The molecule has 1 atom stereocenters. The minimum Gasteiger partial charge on any atom is -0.461 e. The summed E-state index contributed by atoms with van der Waals surface area (Å²) in [5, 5.41) is 9.80. The Kier molecular flexibility index (Phi) is 10.8. The zero-order valence-corrected chi connectivity index (χ0v) is 18.5. The lowest BCUT2D eigenvalue weighted by molar-refractivity contribution is -0.166. The first kappa shape index (κ1) is 24.7. The number of aliphatic hydroxyl groups is 1. The molecule has 0 aromatic rings. The van der Waals surface area contributed by atoms with Gasteiger partial charge in [-0.05, 0) is 30.6 Å². The van der Waals surface area contributed by atoms with Gasteiger partial charge in [0.2, 0.25) is 0 Å². The molecule has 1 unspecified atom stereocenters. The van der Waals surface area contributed by atoms with Gasteiger partial charge in [-0.2, -0.15) is 0 Å². The third kappa shape index (κ3) is 7.94. The Hall–Kier alpha value is -1.36. The van der Waals surface area contributed by atoms with Gasteiger partial charge < -0.3 is 14.6 Å². The third-order valence-corrected chi connectivity index (χ3v) is 5.70. The Morgan fingerprint density at radius 3 is 2.39 bits per heavy atom. The largest absolute Gasteiger partial charge is 0.461 e. The first-order valence-corrected chi connectivity index (χ1v) is 10.9. The fourth-order valence-corrected chi connectivity index (χ4v) is 3.84. The summed E-state index contributed by atoms with van der Waals surface area (Å²) in [5.41, 5.74) is -0.553. The Labute approximate surface area is 170 Å². The van der Waals surface area contributed by atoms with E-state index in [1.807, 2.05) is 6.08 Å². The van der Waals surface area contributed by atoms with Gasteiger partial charge >= 0.3 is 11.9 Å². The topological polar surface area (TPSA) is 72.8 Å². The van der Waals surface area contributed by atoms with Crippen LogP contribution in [0.3, 0.4) is 0 Å². The van der Waals surface area contributed by atoms with Crippen LogP contribution in [-0.4, -0.2) is 35.9 Å². The van der Waals surface area contributed by atoms with Crippen LogP contribution in [0.4, 0.5) is 0 Å². The van der Waals surface area contributed by atoms with Gasteiger partial charge in [0.15, 0.2) is 5.60 Å². The van der Waals surface area contributed by atoms with Crippen LogP contribution in [0.15, 0.2) is 11.6 Å². The average Bonchev–Trinajstić information content (AvgIpc) is 2.96. The van der Waals surface area contributed by atoms with E-state index in [-0.39, 0.29) is 25.6 Å². The second kappa shape index (κ2) is 12.3. The fraction of sp³-hybridized carbons (Fsp3) is 0.826. The van der Waals surface area contributed by atoms with Crippen molar-refractivity contribution in [2.24, 2.45) is 17.8 Å². The zero-order valence-electron chi connectivity index (χ0n) is 18.5. The monoisotopic (exact) mass is 396 g/mol. The fourth-order valence-electron chi connectivity index (χ4n) is 3.84. The van der Waals surface area contributed by atoms with E-state index >= 15 is 0 Å². The average molecular weight is 397 g/mol. The molecule has 5 heteroatoms. The predicted octanol–water partition coefficient (Wildman–Crippen LogP) is 4.81. The molecule has 1 saturated heterocycles. The van der Waals surface area contributed by atoms with Crippen molar-refractivity contribution in [3.05, 3.63) is 11.6 Å². The molecule has 0 aromatic carbocycles. The lowest BCUT2D eigenvalue weighted by atomic mass is 9.82. The lowest BCUT2D eigenvalue weighted by Gasteiger charge is -2.24. The number of aliphatic hydroxyl groups excluding tert-OH is 1. The number of rotatable bonds is 13. The molecule has 1 fully saturated rings. The molecule has 1 rings (SSSR count). The Balaban J connectivity index is 2.56. The second-order valence-electron chi connectivity index (χ2n) is 8.85. The number of carbonyl (C=O) groups excluding carboxylic acids is 2. The number of allylic oxidation sites excluding steroid dienone is 1. The number of hydrogen-bond acceptors (Lipinski definition) is 5. The van der Waals surface area contributed by atoms with Gasteiger partial charge in [0.05, 0.1) is 6.61 Å². The molecule has 162 valence electrons. The van der Waals surface area contributed by atoms with Crippen LogP contribution >= 0.6 is 0 Å². The number of esters is 2. The molecule has 0 bridgehead atoms. The van der Waals surface area contributed by atoms with Crippen LogP contribution in [0, 0.1) is 17.8 Å². The number of unbranched alkanes of at least 4 members (excludes halogenated alkanes) is 4. The molecular formula is C23H40O5. The van der Waals surface area contributed by atoms with Gasteiger partial charge in [-0.1, -0.05) is 66.4 Å². The van der Waals surface area contributed by atoms with E-state index in [0.29, 0.717) is 29.7 Å². The van der Waals surface area contributed by atoms with Crippen molar-refractivity contribution >= 4 is 11.9 Å². The van der Waals surface area contributed by atoms with Crippen molar-refractivity contribution in [3.8, 4) is 0 Å². The molecule has 0 aliphatic carbocycles. The molecule has 1 N–H and O–H groups in total. The molecule has 1 aliphatic rings. The maximum atomic E-state index is 12.3. The van der Waals surface area contributed by atoms with Crippen LogP contribution in [0.2, 0.25) is 0 Å². The van der Waals surface area contributed by atoms with Crippen LogP contribution in [0.1, 0.15) is 86.0 Å². The highest BCUT2D eigenvalue weighted by molar-refractivity contribution is 5.91. The van der Waals surface area contributed by atoms with E-state index in [1.54, 1.807) is 0 Å². The highest BCUT2D eigenvalue weighted by atomic mass is 16.6. The maximum Gasteiger partial charge on any atom is 0.334 e. The van der Waals surface area contributed by atoms with Gasteiger partial charge in [-0.15, -0.1) is 0 Å². The summed E-state index contributed by atoms with van der Waals surface area (Å²) < 4.78 is 10.8. The summed E-state index contributed by atoms with van der Waals surface area (Å²) in [4.78, 5) is 24.2. The van der Waals surface area contributed by atoms with Crippen molar-refractivity contribution in [2.75, 3.05) is 13.2 Å². The van der Waals surface area contributed by atoms with E-state index in [0.717, 1.165) is 25.7 Å². The van der Waals surface area contributed by atoms with Crippen molar-refractivity contribution in [1.82, 2.24) is 0 Å². The molecule has 0 radical (unpaired) electrons. The van der Waals surface area contributed by atoms with Gasteiger partial charge in [0.25, 0.3) is 0 Å². The Morgan fingerprint density at radius 2 is 1.82 bits per heavy atom. The summed E-state index contributed by atoms with van der Waals surface area (Å²) >= 11 is 0. The molecule has 0 saturated carbocycles. The third-order valence-electron chi connectivity index (χ3n) is 5.70. The molecule has 0 aromatic heterocycles. The Bertz CT molecular complexity index is 515. The molecule has 5 nitrogen and oxygen atoms in total. The number of hydrogen-bond donors (Lipinski definition) is 1. The number of carbonyl (C=O) groups is 2. The summed E-state index contributed by atoms with van der Waals surface area (Å²) in [6.07, 6.45) is 8.70. The molecule has 0 spiro atoms. The normalized spacial score (nSPS) is 21.2. The van der Waals surface area contributed by atoms with Crippen molar-refractivity contribution in [2.45, 2.75) is 91.6 Å². The SMILES string of the molecule is CCCCCCCC(=O)OCC1(CO)C/C(=C/CC(C(C)C)C(C)C)C(=O)O1. The van der Waals surface area contributed by atoms with Gasteiger partial charge in [0, 0.05) is 18.4 Å². The first-order chi connectivity index (χ1) is 13.2. The van der Waals surface area contributed by atoms with Crippen molar-refractivity contribution < 1.29 is 24.2 Å². The van der Waals surface area contributed by atoms with Crippen LogP contribution in [-0.2, 0) is 19.1 Å². The minimum atomic E-state index is -1.13. The second-order valence-corrected chi connectivity index (χ2v) is 8.85. The van der Waals surface area contributed by atoms with Crippen LogP contribution in [0.5, 0.6) is 0 Å². The van der Waals surface area contributed by atoms with Gasteiger partial charge in [-0.25, -0.2) is 4.79 Å². The molecule has 1 heterocycles. The maximum absolute atomic E-state index is 12.3. The predicted molar refractivity (Wildman–Crippen MR) is 111 cm³/mol. The zero-order chi connectivity index (χ0) is 21.2. The molecule has 1 aliphatic heterocycles. The molecule has 0 amide bonds. The van der Waals surface area contributed by atoms with Crippen LogP contribution < -0.4 is 0 Å². The van der Waals surface area contributed by atoms with E-state index in [9.17, 15) is 14.7 Å². The number of cyclic esters (lactones) is 1. The number of ether oxygens (including phenoxy) is 2.